The van der Waals surface area contributed by atoms with Gasteiger partial charge in [0.1, 0.15) is 11.6 Å². The van der Waals surface area contributed by atoms with E-state index < -0.39 is 0 Å². The molecule has 32 heavy (non-hydrogen) atoms. The van der Waals surface area contributed by atoms with E-state index in [0.29, 0.717) is 0 Å². The quantitative estimate of drug-likeness (QED) is 0.329. The van der Waals surface area contributed by atoms with Crippen LogP contribution in [0.15, 0.2) is 73.1 Å². The Morgan fingerprint density at radius 3 is 1.47 bits per heavy atom. The van der Waals surface area contributed by atoms with Crippen LogP contribution in [-0.4, -0.2) is 19.9 Å². The average Bonchev–Trinajstić information content (AvgIpc) is 3.44. The Morgan fingerprint density at radius 2 is 1.03 bits per heavy atom. The molecule has 0 saturated heterocycles. The van der Waals surface area contributed by atoms with Gasteiger partial charge in [-0.1, -0.05) is 65.7 Å². The average molecular weight is 419 g/mol. The molecule has 0 amide bonds. The molecule has 0 saturated carbocycles. The number of hydrogen-bond acceptors (Lipinski definition) is 2. The molecule has 0 atom stereocenters. The molecule has 0 radical (unpaired) electrons. The maximum atomic E-state index is 4.86. The second-order valence-corrected chi connectivity index (χ2v) is 8.49. The first-order valence-electron chi connectivity index (χ1n) is 10.8. The van der Waals surface area contributed by atoms with Crippen LogP contribution >= 0.6 is 0 Å². The lowest BCUT2D eigenvalue weighted by atomic mass is 10.1. The Bertz CT molecular complexity index is 1320. The summed E-state index contributed by atoms with van der Waals surface area (Å²) in [6.07, 6.45) is 3.94. The third-order valence-electron chi connectivity index (χ3n) is 5.88. The van der Waals surface area contributed by atoms with E-state index in [-0.39, 0.29) is 0 Å². The Hall–Kier alpha value is -3.92. The first-order chi connectivity index (χ1) is 15.5. The molecule has 2 N–H and O–H groups in total. The lowest BCUT2D eigenvalue weighted by Crippen LogP contribution is -1.87. The molecule has 0 aliphatic rings. The van der Waals surface area contributed by atoms with Gasteiger partial charge in [0.05, 0.1) is 11.4 Å². The molecule has 0 aliphatic carbocycles. The fraction of sp³-hybridized carbons (Fsp3) is 0.143. The van der Waals surface area contributed by atoms with Crippen LogP contribution in [0.4, 0.5) is 0 Å². The van der Waals surface area contributed by atoms with E-state index in [1.54, 1.807) is 0 Å². The fourth-order valence-electron chi connectivity index (χ4n) is 4.21. The summed E-state index contributed by atoms with van der Waals surface area (Å²) in [4.78, 5) is 16.4. The van der Waals surface area contributed by atoms with Gasteiger partial charge >= 0.3 is 0 Å². The fourth-order valence-corrected chi connectivity index (χ4v) is 4.21. The van der Waals surface area contributed by atoms with E-state index in [9.17, 15) is 0 Å². The third kappa shape index (κ3) is 3.76. The van der Waals surface area contributed by atoms with Gasteiger partial charge < -0.3 is 9.97 Å². The molecule has 0 aliphatic heterocycles. The zero-order chi connectivity index (χ0) is 22.2. The molecule has 0 spiro atoms. The van der Waals surface area contributed by atoms with Gasteiger partial charge in [0.15, 0.2) is 0 Å². The topological polar surface area (TPSA) is 57.4 Å². The number of benzene rings is 3. The van der Waals surface area contributed by atoms with Crippen LogP contribution in [0, 0.1) is 27.7 Å². The molecule has 0 bridgehead atoms. The van der Waals surface area contributed by atoms with Crippen LogP contribution in [0.25, 0.3) is 45.3 Å². The van der Waals surface area contributed by atoms with Crippen molar-refractivity contribution in [3.8, 4) is 45.3 Å². The van der Waals surface area contributed by atoms with Crippen LogP contribution in [0.3, 0.4) is 0 Å². The summed E-state index contributed by atoms with van der Waals surface area (Å²) in [5, 5.41) is 0. The smallest absolute Gasteiger partial charge is 0.138 e. The number of aryl methyl sites for hydroxylation is 4. The highest BCUT2D eigenvalue weighted by Gasteiger charge is 2.12. The van der Waals surface area contributed by atoms with E-state index >= 15 is 0 Å². The van der Waals surface area contributed by atoms with Crippen molar-refractivity contribution in [3.63, 3.8) is 0 Å². The Labute approximate surface area is 188 Å². The second-order valence-electron chi connectivity index (χ2n) is 8.49. The minimum Gasteiger partial charge on any atom is -0.344 e. The van der Waals surface area contributed by atoms with Gasteiger partial charge in [0, 0.05) is 34.6 Å². The van der Waals surface area contributed by atoms with Crippen molar-refractivity contribution >= 4 is 0 Å². The zero-order valence-electron chi connectivity index (χ0n) is 18.8. The summed E-state index contributed by atoms with van der Waals surface area (Å²) in [6.45, 7) is 8.46. The maximum absolute atomic E-state index is 4.86. The molecule has 5 aromatic rings. The van der Waals surface area contributed by atoms with E-state index in [0.717, 1.165) is 45.3 Å². The SMILES string of the molecule is Cc1ccc(-c2nc(-c3cccc(-c4c[nH]c(-c5ccc(C)cc5C)n4)c3)c[nH]2)c(C)c1. The standard InChI is InChI=1S/C28H26N4/c1-17-8-10-23(19(3)12-17)27-29-15-25(31-27)21-6-5-7-22(14-21)26-16-30-28(32-26)24-11-9-18(2)13-20(24)4/h5-16H,1-4H3,(H,29,31)(H,30,32). The highest BCUT2D eigenvalue weighted by Crippen LogP contribution is 2.29. The predicted molar refractivity (Wildman–Crippen MR) is 131 cm³/mol. The second kappa shape index (κ2) is 7.97. The molecule has 158 valence electrons. The zero-order valence-corrected chi connectivity index (χ0v) is 18.8. The predicted octanol–water partition coefficient (Wildman–Crippen LogP) is 7.03. The number of hydrogen-bond donors (Lipinski definition) is 2. The first-order valence-corrected chi connectivity index (χ1v) is 10.8. The minimum atomic E-state index is 0.889. The molecular weight excluding hydrogens is 392 g/mol. The number of nitrogens with zero attached hydrogens (tertiary/aromatic N) is 2. The van der Waals surface area contributed by atoms with Crippen LogP contribution in [0.5, 0.6) is 0 Å². The number of aromatic amines is 2. The monoisotopic (exact) mass is 418 g/mol. The lowest BCUT2D eigenvalue weighted by molar-refractivity contribution is 1.27. The largest absolute Gasteiger partial charge is 0.344 e. The van der Waals surface area contributed by atoms with Crippen LogP contribution in [-0.2, 0) is 0 Å². The molecular formula is C28H26N4. The van der Waals surface area contributed by atoms with Crippen molar-refractivity contribution in [1.82, 2.24) is 19.9 Å². The van der Waals surface area contributed by atoms with Gasteiger partial charge in [-0.25, -0.2) is 9.97 Å². The summed E-state index contributed by atoms with van der Waals surface area (Å²) in [5.41, 5.74) is 11.2. The van der Waals surface area contributed by atoms with Gasteiger partial charge in [-0.2, -0.15) is 0 Å². The van der Waals surface area contributed by atoms with Crippen molar-refractivity contribution in [2.75, 3.05) is 0 Å². The van der Waals surface area contributed by atoms with Gasteiger partial charge in [0.2, 0.25) is 0 Å². The Balaban J connectivity index is 1.46. The summed E-state index contributed by atoms with van der Waals surface area (Å²) < 4.78 is 0. The first kappa shape index (κ1) is 20.0. The van der Waals surface area contributed by atoms with Crippen LogP contribution < -0.4 is 0 Å². The Morgan fingerprint density at radius 1 is 0.562 bits per heavy atom. The Kier molecular flexibility index (Phi) is 4.98. The number of imidazole rings is 2. The van der Waals surface area contributed by atoms with Crippen LogP contribution in [0.2, 0.25) is 0 Å². The molecule has 4 heteroatoms. The molecule has 0 fully saturated rings. The molecule has 4 nitrogen and oxygen atoms in total. The van der Waals surface area contributed by atoms with E-state index in [1.165, 1.54) is 22.3 Å². The van der Waals surface area contributed by atoms with Crippen molar-refractivity contribution in [2.24, 2.45) is 0 Å². The van der Waals surface area contributed by atoms with Gasteiger partial charge in [-0.15, -0.1) is 0 Å². The number of aromatic nitrogens is 4. The molecule has 3 aromatic carbocycles. The molecule has 2 heterocycles. The van der Waals surface area contributed by atoms with Crippen molar-refractivity contribution < 1.29 is 0 Å². The highest BCUT2D eigenvalue weighted by atomic mass is 14.9. The summed E-state index contributed by atoms with van der Waals surface area (Å²) in [5.74, 6) is 1.78. The van der Waals surface area contributed by atoms with Gasteiger partial charge in [-0.3, -0.25) is 0 Å². The van der Waals surface area contributed by atoms with E-state index in [2.05, 4.69) is 98.3 Å². The third-order valence-corrected chi connectivity index (χ3v) is 5.88. The van der Waals surface area contributed by atoms with E-state index in [4.69, 9.17) is 9.97 Å². The van der Waals surface area contributed by atoms with E-state index in [1.807, 2.05) is 12.4 Å². The number of H-pyrrole nitrogens is 2. The molecule has 0 unspecified atom stereocenters. The van der Waals surface area contributed by atoms with Crippen LogP contribution in [0.1, 0.15) is 22.3 Å². The van der Waals surface area contributed by atoms with Gasteiger partial charge in [-0.05, 0) is 44.9 Å². The molecule has 2 aromatic heterocycles. The normalized spacial score (nSPS) is 11.1. The van der Waals surface area contributed by atoms with Crippen molar-refractivity contribution in [3.05, 3.63) is 95.3 Å². The highest BCUT2D eigenvalue weighted by molar-refractivity contribution is 5.73. The summed E-state index contributed by atoms with van der Waals surface area (Å²) in [6, 6.07) is 21.2. The maximum Gasteiger partial charge on any atom is 0.138 e. The summed E-state index contributed by atoms with van der Waals surface area (Å²) >= 11 is 0. The van der Waals surface area contributed by atoms with Crippen molar-refractivity contribution in [1.29, 1.82) is 0 Å². The summed E-state index contributed by atoms with van der Waals surface area (Å²) in [7, 11) is 0. The molecule has 5 rings (SSSR count). The van der Waals surface area contributed by atoms with Crippen molar-refractivity contribution in [2.45, 2.75) is 27.7 Å². The lowest BCUT2D eigenvalue weighted by Gasteiger charge is -2.04. The minimum absolute atomic E-state index is 0.889. The number of rotatable bonds is 4. The number of nitrogens with one attached hydrogen (secondary N) is 2. The van der Waals surface area contributed by atoms with Gasteiger partial charge in [0.25, 0.3) is 0 Å².